The molecule has 0 aliphatic carbocycles. The van der Waals surface area contributed by atoms with Gasteiger partial charge in [0.2, 0.25) is 0 Å². The van der Waals surface area contributed by atoms with Gasteiger partial charge in [0, 0.05) is 16.4 Å². The second-order valence-electron chi connectivity index (χ2n) is 5.88. The summed E-state index contributed by atoms with van der Waals surface area (Å²) in [6, 6.07) is 13.3. The Morgan fingerprint density at radius 2 is 1.85 bits per heavy atom. The standard InChI is InChI=1S/C20H19ClN4O/c1-3-14-4-7-16(8-5-14)24-20(26)18-11-23-19(12-22-18)25-17-9-6-15(21)10-13(17)2/h4-12H,3H2,1-2H3,(H,23,25)(H,24,26). The van der Waals surface area contributed by atoms with E-state index in [9.17, 15) is 4.79 Å². The van der Waals surface area contributed by atoms with Crippen molar-refractivity contribution in [3.63, 3.8) is 0 Å². The number of carbonyl (C=O) groups excluding carboxylic acids is 1. The Hall–Kier alpha value is -2.92. The van der Waals surface area contributed by atoms with E-state index < -0.39 is 0 Å². The van der Waals surface area contributed by atoms with E-state index >= 15 is 0 Å². The minimum Gasteiger partial charge on any atom is -0.339 e. The average Bonchev–Trinajstić information content (AvgIpc) is 2.65. The molecule has 5 nitrogen and oxygen atoms in total. The summed E-state index contributed by atoms with van der Waals surface area (Å²) in [5.41, 5.74) is 4.08. The number of amides is 1. The third-order valence-electron chi connectivity index (χ3n) is 3.96. The highest BCUT2D eigenvalue weighted by Gasteiger charge is 2.09. The van der Waals surface area contributed by atoms with Crippen molar-refractivity contribution in [2.24, 2.45) is 0 Å². The van der Waals surface area contributed by atoms with Crippen LogP contribution in [0.2, 0.25) is 5.02 Å². The van der Waals surface area contributed by atoms with Crippen LogP contribution in [0.1, 0.15) is 28.5 Å². The molecule has 2 N–H and O–H groups in total. The number of halogens is 1. The normalized spacial score (nSPS) is 10.4. The van der Waals surface area contributed by atoms with Crippen LogP contribution in [0.5, 0.6) is 0 Å². The Balaban J connectivity index is 1.67. The molecule has 0 unspecified atom stereocenters. The zero-order chi connectivity index (χ0) is 18.5. The van der Waals surface area contributed by atoms with Gasteiger partial charge in [0.15, 0.2) is 0 Å². The van der Waals surface area contributed by atoms with Gasteiger partial charge in [-0.2, -0.15) is 0 Å². The number of nitrogens with zero attached hydrogens (tertiary/aromatic N) is 2. The fourth-order valence-electron chi connectivity index (χ4n) is 2.43. The molecular formula is C20H19ClN4O. The molecular weight excluding hydrogens is 348 g/mol. The molecule has 0 bridgehead atoms. The summed E-state index contributed by atoms with van der Waals surface area (Å²) < 4.78 is 0. The van der Waals surface area contributed by atoms with E-state index in [-0.39, 0.29) is 11.6 Å². The summed E-state index contributed by atoms with van der Waals surface area (Å²) in [7, 11) is 0. The number of nitrogens with one attached hydrogen (secondary N) is 2. The van der Waals surface area contributed by atoms with E-state index in [0.717, 1.165) is 23.4 Å². The molecule has 1 amide bonds. The molecule has 132 valence electrons. The molecule has 0 saturated carbocycles. The largest absolute Gasteiger partial charge is 0.339 e. The highest BCUT2D eigenvalue weighted by molar-refractivity contribution is 6.30. The van der Waals surface area contributed by atoms with Crippen LogP contribution in [-0.4, -0.2) is 15.9 Å². The van der Waals surface area contributed by atoms with Crippen molar-refractivity contribution in [2.45, 2.75) is 20.3 Å². The van der Waals surface area contributed by atoms with E-state index in [1.165, 1.54) is 18.0 Å². The first-order valence-electron chi connectivity index (χ1n) is 8.30. The zero-order valence-corrected chi connectivity index (χ0v) is 15.3. The SMILES string of the molecule is CCc1ccc(NC(=O)c2cnc(Nc3ccc(Cl)cc3C)cn2)cc1. The van der Waals surface area contributed by atoms with Gasteiger partial charge in [-0.1, -0.05) is 30.7 Å². The molecule has 0 radical (unpaired) electrons. The van der Waals surface area contributed by atoms with Gasteiger partial charge in [0.05, 0.1) is 12.4 Å². The minimum atomic E-state index is -0.295. The Morgan fingerprint density at radius 3 is 2.46 bits per heavy atom. The van der Waals surface area contributed by atoms with Gasteiger partial charge in [-0.15, -0.1) is 0 Å². The fraction of sp³-hybridized carbons (Fsp3) is 0.150. The third kappa shape index (κ3) is 4.37. The lowest BCUT2D eigenvalue weighted by atomic mass is 10.1. The van der Waals surface area contributed by atoms with Gasteiger partial charge in [-0.25, -0.2) is 9.97 Å². The van der Waals surface area contributed by atoms with Crippen molar-refractivity contribution in [2.75, 3.05) is 10.6 Å². The molecule has 1 aromatic heterocycles. The molecule has 3 aromatic rings. The predicted molar refractivity (Wildman–Crippen MR) is 105 cm³/mol. The molecule has 1 heterocycles. The number of carbonyl (C=O) groups is 1. The van der Waals surface area contributed by atoms with Crippen molar-refractivity contribution >= 4 is 34.7 Å². The van der Waals surface area contributed by atoms with Gasteiger partial charge in [-0.05, 0) is 54.8 Å². The van der Waals surface area contributed by atoms with Crippen LogP contribution in [0.3, 0.4) is 0 Å². The van der Waals surface area contributed by atoms with Crippen molar-refractivity contribution in [3.8, 4) is 0 Å². The zero-order valence-electron chi connectivity index (χ0n) is 14.6. The smallest absolute Gasteiger partial charge is 0.275 e. The number of rotatable bonds is 5. The van der Waals surface area contributed by atoms with Gasteiger partial charge in [-0.3, -0.25) is 4.79 Å². The second-order valence-corrected chi connectivity index (χ2v) is 6.31. The monoisotopic (exact) mass is 366 g/mol. The summed E-state index contributed by atoms with van der Waals surface area (Å²) >= 11 is 5.96. The molecule has 2 aromatic carbocycles. The Bertz CT molecular complexity index is 908. The maximum Gasteiger partial charge on any atom is 0.275 e. The van der Waals surface area contributed by atoms with Gasteiger partial charge in [0.25, 0.3) is 5.91 Å². The topological polar surface area (TPSA) is 66.9 Å². The van der Waals surface area contributed by atoms with E-state index in [1.807, 2.05) is 43.3 Å². The number of hydrogen-bond donors (Lipinski definition) is 2. The molecule has 0 aliphatic heterocycles. The summed E-state index contributed by atoms with van der Waals surface area (Å²) in [6.07, 6.45) is 3.94. The quantitative estimate of drug-likeness (QED) is 0.667. The summed E-state index contributed by atoms with van der Waals surface area (Å²) in [5, 5.41) is 6.66. The first-order chi connectivity index (χ1) is 12.5. The van der Waals surface area contributed by atoms with E-state index in [1.54, 1.807) is 6.07 Å². The summed E-state index contributed by atoms with van der Waals surface area (Å²) in [4.78, 5) is 20.7. The second kappa shape index (κ2) is 7.97. The first-order valence-corrected chi connectivity index (χ1v) is 8.68. The van der Waals surface area contributed by atoms with Crippen LogP contribution in [-0.2, 0) is 6.42 Å². The lowest BCUT2D eigenvalue weighted by molar-refractivity contribution is 0.102. The summed E-state index contributed by atoms with van der Waals surface area (Å²) in [6.45, 7) is 4.04. The van der Waals surface area contributed by atoms with Gasteiger partial charge < -0.3 is 10.6 Å². The van der Waals surface area contributed by atoms with E-state index in [4.69, 9.17) is 11.6 Å². The van der Waals surface area contributed by atoms with Crippen LogP contribution >= 0.6 is 11.6 Å². The van der Waals surface area contributed by atoms with E-state index in [0.29, 0.717) is 10.8 Å². The molecule has 6 heteroatoms. The molecule has 0 fully saturated rings. The number of aromatic nitrogens is 2. The molecule has 0 aliphatic rings. The average molecular weight is 367 g/mol. The van der Waals surface area contributed by atoms with E-state index in [2.05, 4.69) is 27.5 Å². The Kier molecular flexibility index (Phi) is 5.49. The number of benzene rings is 2. The fourth-order valence-corrected chi connectivity index (χ4v) is 2.66. The van der Waals surface area contributed by atoms with Crippen molar-refractivity contribution in [1.82, 2.24) is 9.97 Å². The molecule has 0 spiro atoms. The molecule has 26 heavy (non-hydrogen) atoms. The van der Waals surface area contributed by atoms with Crippen molar-refractivity contribution in [3.05, 3.63) is 76.7 Å². The molecule has 0 atom stereocenters. The predicted octanol–water partition coefficient (Wildman–Crippen LogP) is 5.00. The van der Waals surface area contributed by atoms with Crippen LogP contribution in [0.25, 0.3) is 0 Å². The van der Waals surface area contributed by atoms with Crippen molar-refractivity contribution < 1.29 is 4.79 Å². The highest BCUT2D eigenvalue weighted by Crippen LogP contribution is 2.22. The van der Waals surface area contributed by atoms with Gasteiger partial charge >= 0.3 is 0 Å². The lowest BCUT2D eigenvalue weighted by Gasteiger charge is -2.09. The molecule has 0 saturated heterocycles. The van der Waals surface area contributed by atoms with Gasteiger partial charge in [0.1, 0.15) is 11.5 Å². The van der Waals surface area contributed by atoms with Crippen LogP contribution in [0.4, 0.5) is 17.2 Å². The lowest BCUT2D eigenvalue weighted by Crippen LogP contribution is -2.14. The maximum atomic E-state index is 12.3. The molecule has 3 rings (SSSR count). The Labute approximate surface area is 157 Å². The number of aryl methyl sites for hydroxylation is 2. The highest BCUT2D eigenvalue weighted by atomic mass is 35.5. The van der Waals surface area contributed by atoms with Crippen LogP contribution in [0.15, 0.2) is 54.9 Å². The van der Waals surface area contributed by atoms with Crippen molar-refractivity contribution in [1.29, 1.82) is 0 Å². The Morgan fingerprint density at radius 1 is 1.08 bits per heavy atom. The third-order valence-corrected chi connectivity index (χ3v) is 4.19. The maximum absolute atomic E-state index is 12.3. The minimum absolute atomic E-state index is 0.253. The van der Waals surface area contributed by atoms with Crippen LogP contribution < -0.4 is 10.6 Å². The number of hydrogen-bond acceptors (Lipinski definition) is 4. The van der Waals surface area contributed by atoms with Crippen LogP contribution in [0, 0.1) is 6.92 Å². The first kappa shape index (κ1) is 17.9. The summed E-state index contributed by atoms with van der Waals surface area (Å²) in [5.74, 6) is 0.259. The number of anilines is 3.